The summed E-state index contributed by atoms with van der Waals surface area (Å²) >= 11 is 0. The lowest BCUT2D eigenvalue weighted by Gasteiger charge is -2.12. The van der Waals surface area contributed by atoms with E-state index in [1.54, 1.807) is 0 Å². The van der Waals surface area contributed by atoms with Crippen molar-refractivity contribution in [3.8, 4) is 11.6 Å². The number of carboxylic acids is 1. The number of ether oxygens (including phenoxy) is 2. The van der Waals surface area contributed by atoms with Crippen LogP contribution in [0.15, 0.2) is 6.07 Å². The minimum absolute atomic E-state index is 0.468. The third kappa shape index (κ3) is 3.22. The Morgan fingerprint density at radius 1 is 1.50 bits per heavy atom. The van der Waals surface area contributed by atoms with Gasteiger partial charge in [-0.15, -0.1) is 13.2 Å². The number of carboxylic acid groups (broad SMARTS) is 1. The van der Waals surface area contributed by atoms with E-state index in [9.17, 15) is 22.4 Å². The molecule has 0 aliphatic carbocycles. The summed E-state index contributed by atoms with van der Waals surface area (Å²) in [6.07, 6.45) is -5.02. The molecular formula is C9H7F4NO4. The van der Waals surface area contributed by atoms with Crippen LogP contribution in [0.25, 0.3) is 0 Å². The van der Waals surface area contributed by atoms with Crippen LogP contribution in [-0.2, 0) is 6.67 Å². The fraction of sp³-hybridized carbons (Fsp3) is 0.333. The van der Waals surface area contributed by atoms with E-state index < -0.39 is 41.9 Å². The predicted molar refractivity (Wildman–Crippen MR) is 49.2 cm³/mol. The second-order valence-corrected chi connectivity index (χ2v) is 2.97. The molecule has 0 radical (unpaired) electrons. The highest BCUT2D eigenvalue weighted by Crippen LogP contribution is 2.29. The van der Waals surface area contributed by atoms with Crippen LogP contribution in [0.1, 0.15) is 16.1 Å². The van der Waals surface area contributed by atoms with Crippen molar-refractivity contribution in [1.29, 1.82) is 0 Å². The van der Waals surface area contributed by atoms with Gasteiger partial charge >= 0.3 is 12.3 Å². The summed E-state index contributed by atoms with van der Waals surface area (Å²) in [6.45, 7) is -1.37. The summed E-state index contributed by atoms with van der Waals surface area (Å²) in [5.74, 6) is -3.02. The lowest BCUT2D eigenvalue weighted by molar-refractivity contribution is -0.276. The number of aromatic carboxylic acids is 1. The van der Waals surface area contributed by atoms with Crippen LogP contribution in [0.2, 0.25) is 0 Å². The van der Waals surface area contributed by atoms with Gasteiger partial charge in [0.25, 0.3) is 0 Å². The molecule has 0 fully saturated rings. The number of hydrogen-bond donors (Lipinski definition) is 1. The average Bonchev–Trinajstić information content (AvgIpc) is 2.24. The molecule has 0 bridgehead atoms. The Bertz CT molecular complexity index is 435. The van der Waals surface area contributed by atoms with Crippen LogP contribution in [0.5, 0.6) is 11.6 Å². The van der Waals surface area contributed by atoms with Crippen molar-refractivity contribution in [3.05, 3.63) is 17.3 Å². The Balaban J connectivity index is 3.30. The van der Waals surface area contributed by atoms with Gasteiger partial charge < -0.3 is 14.6 Å². The fourth-order valence-corrected chi connectivity index (χ4v) is 1.21. The number of carbonyl (C=O) groups is 1. The van der Waals surface area contributed by atoms with Gasteiger partial charge in [0.2, 0.25) is 5.88 Å². The summed E-state index contributed by atoms with van der Waals surface area (Å²) in [7, 11) is 1.03. The van der Waals surface area contributed by atoms with Gasteiger partial charge in [0.15, 0.2) is 0 Å². The number of hydrogen-bond acceptors (Lipinski definition) is 4. The van der Waals surface area contributed by atoms with E-state index in [4.69, 9.17) is 5.11 Å². The zero-order chi connectivity index (χ0) is 13.9. The molecule has 9 heteroatoms. The molecule has 0 aliphatic rings. The highest BCUT2D eigenvalue weighted by Gasteiger charge is 2.33. The summed E-state index contributed by atoms with van der Waals surface area (Å²) in [5.41, 5.74) is -1.35. The number of methoxy groups -OCH3 is 1. The van der Waals surface area contributed by atoms with Crippen molar-refractivity contribution in [2.45, 2.75) is 13.0 Å². The van der Waals surface area contributed by atoms with Crippen molar-refractivity contribution in [2.75, 3.05) is 7.11 Å². The molecule has 0 unspecified atom stereocenters. The summed E-state index contributed by atoms with van der Waals surface area (Å²) in [5, 5.41) is 8.78. The lowest BCUT2D eigenvalue weighted by atomic mass is 10.2. The summed E-state index contributed by atoms with van der Waals surface area (Å²) in [6, 6.07) is 0.621. The SMILES string of the molecule is COc1cc(OC(F)(F)F)nc(CF)c1C(=O)O. The Kier molecular flexibility index (Phi) is 3.94. The smallest absolute Gasteiger partial charge is 0.496 e. The lowest BCUT2D eigenvalue weighted by Crippen LogP contribution is -2.19. The number of nitrogens with zero attached hydrogens (tertiary/aromatic N) is 1. The molecule has 0 aromatic carbocycles. The van der Waals surface area contributed by atoms with E-state index in [1.165, 1.54) is 0 Å². The third-order valence-corrected chi connectivity index (χ3v) is 1.82. The van der Waals surface area contributed by atoms with Crippen molar-refractivity contribution < 1.29 is 36.9 Å². The Morgan fingerprint density at radius 3 is 2.50 bits per heavy atom. The van der Waals surface area contributed by atoms with Gasteiger partial charge in [-0.3, -0.25) is 0 Å². The molecule has 0 spiro atoms. The summed E-state index contributed by atoms with van der Waals surface area (Å²) in [4.78, 5) is 13.9. The van der Waals surface area contributed by atoms with Crippen LogP contribution >= 0.6 is 0 Å². The monoisotopic (exact) mass is 269 g/mol. The molecule has 100 valence electrons. The third-order valence-electron chi connectivity index (χ3n) is 1.82. The van der Waals surface area contributed by atoms with Gasteiger partial charge in [-0.25, -0.2) is 14.2 Å². The molecule has 1 aromatic rings. The Morgan fingerprint density at radius 2 is 2.11 bits per heavy atom. The minimum Gasteiger partial charge on any atom is -0.496 e. The van der Waals surface area contributed by atoms with Gasteiger partial charge in [0, 0.05) is 6.07 Å². The van der Waals surface area contributed by atoms with Crippen molar-refractivity contribution in [3.63, 3.8) is 0 Å². The first kappa shape index (κ1) is 14.0. The Hall–Kier alpha value is -2.06. The maximum atomic E-state index is 12.6. The van der Waals surface area contributed by atoms with Gasteiger partial charge in [-0.1, -0.05) is 0 Å². The number of alkyl halides is 4. The zero-order valence-corrected chi connectivity index (χ0v) is 8.92. The highest BCUT2D eigenvalue weighted by molar-refractivity contribution is 5.92. The van der Waals surface area contributed by atoms with Crippen molar-refractivity contribution >= 4 is 5.97 Å². The van der Waals surface area contributed by atoms with E-state index in [0.29, 0.717) is 6.07 Å². The van der Waals surface area contributed by atoms with Crippen LogP contribution < -0.4 is 9.47 Å². The number of pyridine rings is 1. The van der Waals surface area contributed by atoms with Gasteiger partial charge in [0.1, 0.15) is 18.0 Å². The second-order valence-electron chi connectivity index (χ2n) is 2.97. The average molecular weight is 269 g/mol. The quantitative estimate of drug-likeness (QED) is 0.848. The minimum atomic E-state index is -5.02. The van der Waals surface area contributed by atoms with E-state index in [1.807, 2.05) is 0 Å². The molecule has 18 heavy (non-hydrogen) atoms. The normalized spacial score (nSPS) is 11.2. The molecule has 5 nitrogen and oxygen atoms in total. The largest absolute Gasteiger partial charge is 0.574 e. The number of aromatic nitrogens is 1. The molecule has 0 saturated carbocycles. The van der Waals surface area contributed by atoms with Gasteiger partial charge in [-0.2, -0.15) is 0 Å². The maximum absolute atomic E-state index is 12.6. The van der Waals surface area contributed by atoms with E-state index in [2.05, 4.69) is 14.5 Å². The van der Waals surface area contributed by atoms with E-state index in [-0.39, 0.29) is 0 Å². The fourth-order valence-electron chi connectivity index (χ4n) is 1.21. The van der Waals surface area contributed by atoms with Crippen molar-refractivity contribution in [2.24, 2.45) is 0 Å². The highest BCUT2D eigenvalue weighted by atomic mass is 19.4. The number of rotatable bonds is 4. The van der Waals surface area contributed by atoms with Crippen LogP contribution in [0, 0.1) is 0 Å². The maximum Gasteiger partial charge on any atom is 0.574 e. The van der Waals surface area contributed by atoms with Crippen LogP contribution in [0.4, 0.5) is 17.6 Å². The first-order valence-corrected chi connectivity index (χ1v) is 4.41. The van der Waals surface area contributed by atoms with E-state index >= 15 is 0 Å². The van der Waals surface area contributed by atoms with Gasteiger partial charge in [-0.05, 0) is 0 Å². The molecule has 1 N–H and O–H groups in total. The van der Waals surface area contributed by atoms with Crippen LogP contribution in [0.3, 0.4) is 0 Å². The molecule has 1 aromatic heterocycles. The predicted octanol–water partition coefficient (Wildman–Crippen LogP) is 2.16. The molecule has 0 amide bonds. The molecule has 1 heterocycles. The van der Waals surface area contributed by atoms with Crippen LogP contribution in [-0.4, -0.2) is 29.5 Å². The zero-order valence-electron chi connectivity index (χ0n) is 8.92. The Labute approximate surface area is 98.0 Å². The van der Waals surface area contributed by atoms with Gasteiger partial charge in [0.05, 0.1) is 12.8 Å². The molecule has 0 aliphatic heterocycles. The topological polar surface area (TPSA) is 68.7 Å². The molecule has 0 saturated heterocycles. The second kappa shape index (κ2) is 5.07. The first-order chi connectivity index (χ1) is 8.28. The number of halogens is 4. The molecule has 1 rings (SSSR count). The van der Waals surface area contributed by atoms with Crippen molar-refractivity contribution in [1.82, 2.24) is 4.98 Å². The standard InChI is InChI=1S/C9H7F4NO4/c1-17-5-2-6(18-9(11,12)13)14-4(3-10)7(5)8(15)16/h2H,3H2,1H3,(H,15,16). The first-order valence-electron chi connectivity index (χ1n) is 4.41. The molecular weight excluding hydrogens is 262 g/mol. The molecule has 0 atom stereocenters. The summed E-state index contributed by atoms with van der Waals surface area (Å²) < 4.78 is 56.5. The van der Waals surface area contributed by atoms with E-state index in [0.717, 1.165) is 7.11 Å².